The molecule has 0 fully saturated rings. The van der Waals surface area contributed by atoms with E-state index in [0.29, 0.717) is 17.3 Å². The molecule has 6 heteroatoms. The molecule has 0 aliphatic rings. The van der Waals surface area contributed by atoms with E-state index in [1.165, 1.54) is 0 Å². The van der Waals surface area contributed by atoms with Crippen LogP contribution in [-0.4, -0.2) is 27.1 Å². The molecule has 112 valence electrons. The molecule has 1 amide bonds. The Morgan fingerprint density at radius 1 is 1.38 bits per heavy atom. The average molecular weight is 307 g/mol. The summed E-state index contributed by atoms with van der Waals surface area (Å²) in [5.41, 5.74) is 1.08. The standard InChI is InChI=1S/C15H19ClN4O/c1-9(2)13-18-14(20-19-13)15(21)17-10(3)7-11-5-4-6-12(16)8-11/h4-6,8-10H,7H2,1-3H3,(H,17,21)(H,18,19,20). The third kappa shape index (κ3) is 4.29. The Bertz CT molecular complexity index is 624. The minimum Gasteiger partial charge on any atom is -0.346 e. The molecule has 0 saturated carbocycles. The van der Waals surface area contributed by atoms with E-state index in [9.17, 15) is 4.79 Å². The lowest BCUT2D eigenvalue weighted by atomic mass is 10.1. The number of carbonyl (C=O) groups excluding carboxylic acids is 1. The molecular formula is C15H19ClN4O. The van der Waals surface area contributed by atoms with Gasteiger partial charge in [0.25, 0.3) is 5.91 Å². The first-order valence-electron chi connectivity index (χ1n) is 6.93. The highest BCUT2D eigenvalue weighted by Crippen LogP contribution is 2.12. The number of H-pyrrole nitrogens is 1. The van der Waals surface area contributed by atoms with Crippen molar-refractivity contribution in [2.45, 2.75) is 39.2 Å². The van der Waals surface area contributed by atoms with Crippen LogP contribution in [0.5, 0.6) is 0 Å². The molecule has 0 radical (unpaired) electrons. The van der Waals surface area contributed by atoms with Crippen molar-refractivity contribution in [3.05, 3.63) is 46.5 Å². The molecule has 1 aromatic heterocycles. The topological polar surface area (TPSA) is 70.7 Å². The van der Waals surface area contributed by atoms with Gasteiger partial charge in [-0.05, 0) is 31.0 Å². The number of halogens is 1. The zero-order valence-corrected chi connectivity index (χ0v) is 13.1. The van der Waals surface area contributed by atoms with Crippen LogP contribution in [0.3, 0.4) is 0 Å². The van der Waals surface area contributed by atoms with Crippen LogP contribution in [0.4, 0.5) is 0 Å². The molecule has 2 rings (SSSR count). The molecule has 1 heterocycles. The second-order valence-electron chi connectivity index (χ2n) is 5.41. The summed E-state index contributed by atoms with van der Waals surface area (Å²) in [5.74, 6) is 0.829. The number of benzene rings is 1. The van der Waals surface area contributed by atoms with Crippen molar-refractivity contribution in [1.82, 2.24) is 20.5 Å². The van der Waals surface area contributed by atoms with Crippen molar-refractivity contribution in [2.24, 2.45) is 0 Å². The van der Waals surface area contributed by atoms with Crippen LogP contribution in [0, 0.1) is 0 Å². The number of hydrogen-bond donors (Lipinski definition) is 2. The van der Waals surface area contributed by atoms with Crippen LogP contribution in [-0.2, 0) is 6.42 Å². The van der Waals surface area contributed by atoms with Gasteiger partial charge in [0.1, 0.15) is 5.82 Å². The van der Waals surface area contributed by atoms with E-state index in [4.69, 9.17) is 11.6 Å². The molecule has 1 unspecified atom stereocenters. The van der Waals surface area contributed by atoms with Gasteiger partial charge >= 0.3 is 0 Å². The summed E-state index contributed by atoms with van der Waals surface area (Å²) in [6.07, 6.45) is 0.702. The fourth-order valence-corrected chi connectivity index (χ4v) is 2.20. The van der Waals surface area contributed by atoms with Crippen LogP contribution >= 0.6 is 11.6 Å². The molecular weight excluding hydrogens is 288 g/mol. The summed E-state index contributed by atoms with van der Waals surface area (Å²) in [5, 5.41) is 10.3. The van der Waals surface area contributed by atoms with E-state index in [1.807, 2.05) is 45.0 Å². The van der Waals surface area contributed by atoms with E-state index in [-0.39, 0.29) is 23.7 Å². The number of amides is 1. The fourth-order valence-electron chi connectivity index (χ4n) is 1.99. The second kappa shape index (κ2) is 6.72. The van der Waals surface area contributed by atoms with E-state index in [2.05, 4.69) is 20.5 Å². The Morgan fingerprint density at radius 2 is 2.14 bits per heavy atom. The molecule has 0 aliphatic heterocycles. The van der Waals surface area contributed by atoms with E-state index in [1.54, 1.807) is 0 Å². The molecule has 1 aromatic carbocycles. The Kier molecular flexibility index (Phi) is 4.96. The molecule has 2 N–H and O–H groups in total. The normalized spacial score (nSPS) is 12.4. The number of carbonyl (C=O) groups is 1. The van der Waals surface area contributed by atoms with Crippen LogP contribution in [0.2, 0.25) is 5.02 Å². The van der Waals surface area contributed by atoms with Gasteiger partial charge < -0.3 is 5.32 Å². The van der Waals surface area contributed by atoms with Crippen molar-refractivity contribution in [3.63, 3.8) is 0 Å². The Hall–Kier alpha value is -1.88. The number of nitrogens with zero attached hydrogens (tertiary/aromatic N) is 2. The maximum absolute atomic E-state index is 12.1. The van der Waals surface area contributed by atoms with Gasteiger partial charge in [-0.2, -0.15) is 0 Å². The molecule has 5 nitrogen and oxygen atoms in total. The van der Waals surface area contributed by atoms with Crippen molar-refractivity contribution in [2.75, 3.05) is 0 Å². The lowest BCUT2D eigenvalue weighted by Gasteiger charge is -2.12. The molecule has 21 heavy (non-hydrogen) atoms. The predicted octanol–water partition coefficient (Wildman–Crippen LogP) is 2.94. The maximum Gasteiger partial charge on any atom is 0.291 e. The monoisotopic (exact) mass is 306 g/mol. The summed E-state index contributed by atoms with van der Waals surface area (Å²) in [7, 11) is 0. The van der Waals surface area contributed by atoms with E-state index >= 15 is 0 Å². The Balaban J connectivity index is 1.95. The smallest absolute Gasteiger partial charge is 0.291 e. The fraction of sp³-hybridized carbons (Fsp3) is 0.400. The highest BCUT2D eigenvalue weighted by Gasteiger charge is 2.16. The Morgan fingerprint density at radius 3 is 2.76 bits per heavy atom. The van der Waals surface area contributed by atoms with E-state index in [0.717, 1.165) is 5.56 Å². The molecule has 0 spiro atoms. The SMILES string of the molecule is CC(Cc1cccc(Cl)c1)NC(=O)c1n[nH]c(C(C)C)n1. The first kappa shape index (κ1) is 15.5. The van der Waals surface area contributed by atoms with Gasteiger partial charge in [-0.15, -0.1) is 5.10 Å². The maximum atomic E-state index is 12.1. The first-order chi connectivity index (χ1) is 9.95. The minimum atomic E-state index is -0.271. The van der Waals surface area contributed by atoms with Crippen molar-refractivity contribution in [1.29, 1.82) is 0 Å². The lowest BCUT2D eigenvalue weighted by Crippen LogP contribution is -2.34. The van der Waals surface area contributed by atoms with Gasteiger partial charge in [-0.3, -0.25) is 9.89 Å². The van der Waals surface area contributed by atoms with Crippen molar-refractivity contribution in [3.8, 4) is 0 Å². The highest BCUT2D eigenvalue weighted by atomic mass is 35.5. The zero-order valence-electron chi connectivity index (χ0n) is 12.4. The number of hydrogen-bond acceptors (Lipinski definition) is 3. The summed E-state index contributed by atoms with van der Waals surface area (Å²) in [4.78, 5) is 16.3. The molecule has 2 aromatic rings. The van der Waals surface area contributed by atoms with Crippen LogP contribution < -0.4 is 5.32 Å². The van der Waals surface area contributed by atoms with Crippen molar-refractivity contribution >= 4 is 17.5 Å². The molecule has 0 saturated heterocycles. The van der Waals surface area contributed by atoms with E-state index < -0.39 is 0 Å². The quantitative estimate of drug-likeness (QED) is 0.892. The summed E-state index contributed by atoms with van der Waals surface area (Å²) in [6.45, 7) is 5.92. The molecule has 0 aliphatic carbocycles. The summed E-state index contributed by atoms with van der Waals surface area (Å²) < 4.78 is 0. The van der Waals surface area contributed by atoms with Gasteiger partial charge in [-0.25, -0.2) is 4.98 Å². The second-order valence-corrected chi connectivity index (χ2v) is 5.84. The minimum absolute atomic E-state index is 0.0306. The summed E-state index contributed by atoms with van der Waals surface area (Å²) >= 11 is 5.95. The van der Waals surface area contributed by atoms with Gasteiger partial charge in [0.2, 0.25) is 5.82 Å². The third-order valence-electron chi connectivity index (χ3n) is 3.06. The average Bonchev–Trinajstić information content (AvgIpc) is 2.88. The van der Waals surface area contributed by atoms with Gasteiger partial charge in [0.05, 0.1) is 0 Å². The number of aromatic nitrogens is 3. The summed E-state index contributed by atoms with van der Waals surface area (Å²) in [6, 6.07) is 7.58. The van der Waals surface area contributed by atoms with Gasteiger partial charge in [0, 0.05) is 17.0 Å². The van der Waals surface area contributed by atoms with Gasteiger partial charge in [0.15, 0.2) is 0 Å². The predicted molar refractivity (Wildman–Crippen MR) is 82.6 cm³/mol. The number of nitrogens with one attached hydrogen (secondary N) is 2. The zero-order chi connectivity index (χ0) is 15.4. The highest BCUT2D eigenvalue weighted by molar-refractivity contribution is 6.30. The third-order valence-corrected chi connectivity index (χ3v) is 3.30. The Labute approximate surface area is 129 Å². The van der Waals surface area contributed by atoms with Crippen LogP contribution in [0.1, 0.15) is 48.7 Å². The number of aromatic amines is 1. The lowest BCUT2D eigenvalue weighted by molar-refractivity contribution is 0.0930. The van der Waals surface area contributed by atoms with Gasteiger partial charge in [-0.1, -0.05) is 37.6 Å². The van der Waals surface area contributed by atoms with Crippen LogP contribution in [0.25, 0.3) is 0 Å². The van der Waals surface area contributed by atoms with Crippen LogP contribution in [0.15, 0.2) is 24.3 Å². The molecule has 1 atom stereocenters. The number of rotatable bonds is 5. The molecule has 0 bridgehead atoms. The van der Waals surface area contributed by atoms with Crippen molar-refractivity contribution < 1.29 is 4.79 Å². The first-order valence-corrected chi connectivity index (χ1v) is 7.31. The largest absolute Gasteiger partial charge is 0.346 e.